The molecule has 2 aliphatic heterocycles. The van der Waals surface area contributed by atoms with Gasteiger partial charge in [-0.25, -0.2) is 4.79 Å². The van der Waals surface area contributed by atoms with Gasteiger partial charge < -0.3 is 9.80 Å². The van der Waals surface area contributed by atoms with E-state index in [9.17, 15) is 9.59 Å². The van der Waals surface area contributed by atoms with Gasteiger partial charge in [0.15, 0.2) is 0 Å². The molecule has 136 valence electrons. The van der Waals surface area contributed by atoms with E-state index < -0.39 is 0 Å². The highest BCUT2D eigenvalue weighted by molar-refractivity contribution is 5.96. The Kier molecular flexibility index (Phi) is 5.30. The van der Waals surface area contributed by atoms with Crippen molar-refractivity contribution in [3.05, 3.63) is 29.8 Å². The third-order valence-corrected chi connectivity index (χ3v) is 5.42. The molecule has 1 unspecified atom stereocenters. The molecule has 0 aliphatic carbocycles. The molecule has 2 fully saturated rings. The van der Waals surface area contributed by atoms with Gasteiger partial charge in [0.1, 0.15) is 6.54 Å². The van der Waals surface area contributed by atoms with Crippen LogP contribution >= 0.6 is 0 Å². The van der Waals surface area contributed by atoms with Crippen molar-refractivity contribution >= 4 is 17.6 Å². The summed E-state index contributed by atoms with van der Waals surface area (Å²) >= 11 is 0. The molecular formula is C20H29N3O2. The lowest BCUT2D eigenvalue weighted by molar-refractivity contribution is -0.134. The molecule has 1 atom stereocenters. The highest BCUT2D eigenvalue weighted by Gasteiger charge is 2.33. The van der Waals surface area contributed by atoms with Crippen LogP contribution in [-0.2, 0) is 4.79 Å². The molecule has 2 heterocycles. The van der Waals surface area contributed by atoms with Crippen molar-refractivity contribution in [1.82, 2.24) is 9.80 Å². The number of carbonyl (C=O) groups excluding carboxylic acids is 2. The van der Waals surface area contributed by atoms with E-state index in [1.807, 2.05) is 17.0 Å². The highest BCUT2D eigenvalue weighted by atomic mass is 16.2. The van der Waals surface area contributed by atoms with E-state index >= 15 is 0 Å². The first-order valence-electron chi connectivity index (χ1n) is 9.43. The number of nitrogens with zero attached hydrogens (tertiary/aromatic N) is 3. The van der Waals surface area contributed by atoms with Gasteiger partial charge in [-0.1, -0.05) is 26.0 Å². The molecule has 0 radical (unpaired) electrons. The number of anilines is 1. The number of benzene rings is 1. The molecule has 3 amide bonds. The molecule has 2 saturated heterocycles. The molecule has 0 spiro atoms. The van der Waals surface area contributed by atoms with Crippen LogP contribution in [0.4, 0.5) is 10.5 Å². The average Bonchev–Trinajstić information content (AvgIpc) is 2.96. The van der Waals surface area contributed by atoms with Crippen molar-refractivity contribution in [2.75, 3.05) is 31.1 Å². The lowest BCUT2D eigenvalue weighted by Crippen LogP contribution is -2.47. The summed E-state index contributed by atoms with van der Waals surface area (Å²) in [4.78, 5) is 30.7. The summed E-state index contributed by atoms with van der Waals surface area (Å²) in [7, 11) is 0. The summed E-state index contributed by atoms with van der Waals surface area (Å²) in [5.41, 5.74) is 2.18. The fraction of sp³-hybridized carbons (Fsp3) is 0.600. The van der Waals surface area contributed by atoms with Crippen molar-refractivity contribution in [1.29, 1.82) is 0 Å². The molecule has 25 heavy (non-hydrogen) atoms. The third-order valence-electron chi connectivity index (χ3n) is 5.42. The van der Waals surface area contributed by atoms with Crippen molar-refractivity contribution < 1.29 is 9.59 Å². The molecule has 5 nitrogen and oxygen atoms in total. The maximum Gasteiger partial charge on any atom is 0.325 e. The molecular weight excluding hydrogens is 314 g/mol. The van der Waals surface area contributed by atoms with Crippen LogP contribution in [-0.4, -0.2) is 54.0 Å². The predicted octanol–water partition coefficient (Wildman–Crippen LogP) is 3.45. The molecule has 2 aliphatic rings. The van der Waals surface area contributed by atoms with Crippen LogP contribution in [0, 0.1) is 0 Å². The Morgan fingerprint density at radius 3 is 2.48 bits per heavy atom. The fourth-order valence-electron chi connectivity index (χ4n) is 3.73. The van der Waals surface area contributed by atoms with E-state index in [-0.39, 0.29) is 18.5 Å². The largest absolute Gasteiger partial charge is 0.338 e. The van der Waals surface area contributed by atoms with E-state index in [1.165, 1.54) is 12.0 Å². The van der Waals surface area contributed by atoms with Gasteiger partial charge in [0.05, 0.1) is 0 Å². The molecule has 3 rings (SSSR count). The maximum atomic E-state index is 12.7. The highest BCUT2D eigenvalue weighted by Crippen LogP contribution is 2.24. The van der Waals surface area contributed by atoms with Crippen molar-refractivity contribution in [2.24, 2.45) is 0 Å². The van der Waals surface area contributed by atoms with E-state index in [0.29, 0.717) is 25.0 Å². The van der Waals surface area contributed by atoms with Crippen LogP contribution in [0.5, 0.6) is 0 Å². The molecule has 0 N–H and O–H groups in total. The van der Waals surface area contributed by atoms with E-state index in [2.05, 4.69) is 32.9 Å². The molecule has 5 heteroatoms. The zero-order valence-corrected chi connectivity index (χ0v) is 15.6. The Bertz CT molecular complexity index is 626. The summed E-state index contributed by atoms with van der Waals surface area (Å²) in [6, 6.07) is 8.40. The Balaban J connectivity index is 1.62. The van der Waals surface area contributed by atoms with E-state index in [1.54, 1.807) is 9.80 Å². The minimum atomic E-state index is -0.0599. The smallest absolute Gasteiger partial charge is 0.325 e. The van der Waals surface area contributed by atoms with Crippen LogP contribution in [0.15, 0.2) is 24.3 Å². The summed E-state index contributed by atoms with van der Waals surface area (Å²) in [5, 5.41) is 0. The average molecular weight is 343 g/mol. The molecule has 1 aromatic rings. The molecule has 1 aromatic carbocycles. The minimum Gasteiger partial charge on any atom is -0.338 e. The standard InChI is InChI=1S/C20H29N3O2/c1-15(2)17-7-9-18(10-8-17)23-13-12-21(20(23)25)14-19(24)22-11-5-4-6-16(22)3/h7-10,15-16H,4-6,11-14H2,1-3H3. The number of amides is 3. The summed E-state index contributed by atoms with van der Waals surface area (Å²) in [6.07, 6.45) is 3.32. The molecule has 0 bridgehead atoms. The number of likely N-dealkylation sites (tertiary alicyclic amines) is 1. The first kappa shape index (κ1) is 17.8. The van der Waals surface area contributed by atoms with Crippen LogP contribution in [0.3, 0.4) is 0 Å². The van der Waals surface area contributed by atoms with Gasteiger partial charge in [-0.2, -0.15) is 0 Å². The minimum absolute atomic E-state index is 0.0599. The maximum absolute atomic E-state index is 12.7. The second-order valence-electron chi connectivity index (χ2n) is 7.53. The topological polar surface area (TPSA) is 43.9 Å². The first-order chi connectivity index (χ1) is 12.0. The molecule has 0 aromatic heterocycles. The van der Waals surface area contributed by atoms with Gasteiger partial charge in [-0.3, -0.25) is 9.69 Å². The normalized spacial score (nSPS) is 21.4. The SMILES string of the molecule is CC(C)c1ccc(N2CCN(CC(=O)N3CCCCC3C)C2=O)cc1. The van der Waals surface area contributed by atoms with Crippen LogP contribution in [0.2, 0.25) is 0 Å². The number of piperidine rings is 1. The van der Waals surface area contributed by atoms with Gasteiger partial charge in [-0.05, 0) is 49.8 Å². The van der Waals surface area contributed by atoms with Crippen molar-refractivity contribution in [3.8, 4) is 0 Å². The third kappa shape index (κ3) is 3.80. The van der Waals surface area contributed by atoms with Gasteiger partial charge in [0, 0.05) is 31.4 Å². The Hall–Kier alpha value is -2.04. The number of hydrogen-bond acceptors (Lipinski definition) is 2. The molecule has 0 saturated carbocycles. The first-order valence-corrected chi connectivity index (χ1v) is 9.43. The monoisotopic (exact) mass is 343 g/mol. The van der Waals surface area contributed by atoms with E-state index in [0.717, 1.165) is 25.1 Å². The summed E-state index contributed by atoms with van der Waals surface area (Å²) < 4.78 is 0. The van der Waals surface area contributed by atoms with Crippen LogP contribution in [0.25, 0.3) is 0 Å². The summed E-state index contributed by atoms with van der Waals surface area (Å²) in [5.74, 6) is 0.557. The summed E-state index contributed by atoms with van der Waals surface area (Å²) in [6.45, 7) is 8.69. The van der Waals surface area contributed by atoms with Gasteiger partial charge >= 0.3 is 6.03 Å². The zero-order chi connectivity index (χ0) is 18.0. The number of carbonyl (C=O) groups is 2. The predicted molar refractivity (Wildman–Crippen MR) is 99.9 cm³/mol. The Morgan fingerprint density at radius 2 is 1.84 bits per heavy atom. The van der Waals surface area contributed by atoms with Crippen LogP contribution in [0.1, 0.15) is 51.5 Å². The second-order valence-corrected chi connectivity index (χ2v) is 7.53. The Morgan fingerprint density at radius 1 is 1.12 bits per heavy atom. The Labute approximate surface area is 150 Å². The fourth-order valence-corrected chi connectivity index (χ4v) is 3.73. The number of rotatable bonds is 4. The zero-order valence-electron chi connectivity index (χ0n) is 15.6. The lowest BCUT2D eigenvalue weighted by atomic mass is 10.0. The lowest BCUT2D eigenvalue weighted by Gasteiger charge is -2.34. The van der Waals surface area contributed by atoms with Gasteiger partial charge in [0.25, 0.3) is 0 Å². The van der Waals surface area contributed by atoms with E-state index in [4.69, 9.17) is 0 Å². The van der Waals surface area contributed by atoms with Crippen molar-refractivity contribution in [3.63, 3.8) is 0 Å². The van der Waals surface area contributed by atoms with Crippen LogP contribution < -0.4 is 4.90 Å². The van der Waals surface area contributed by atoms with Gasteiger partial charge in [-0.15, -0.1) is 0 Å². The number of hydrogen-bond donors (Lipinski definition) is 0. The van der Waals surface area contributed by atoms with Gasteiger partial charge in [0.2, 0.25) is 5.91 Å². The quantitative estimate of drug-likeness (QED) is 0.840. The van der Waals surface area contributed by atoms with Crippen molar-refractivity contribution in [2.45, 2.75) is 52.0 Å². The second kappa shape index (κ2) is 7.46. The number of urea groups is 1.